The second-order valence-corrected chi connectivity index (χ2v) is 5.66. The highest BCUT2D eigenvalue weighted by atomic mass is 32.2. The molecule has 1 rings (SSSR count). The van der Waals surface area contributed by atoms with E-state index in [2.05, 4.69) is 4.98 Å². The minimum absolute atomic E-state index is 0.112. The molecule has 0 spiro atoms. The van der Waals surface area contributed by atoms with Crippen LogP contribution in [0.1, 0.15) is 20.3 Å². The van der Waals surface area contributed by atoms with E-state index < -0.39 is 22.5 Å². The summed E-state index contributed by atoms with van der Waals surface area (Å²) in [6.45, 7) is 3.87. The SMILES string of the molecule is CCCN(CC(=O)O)S(=O)(=O)c1cn(CC)cn1. The lowest BCUT2D eigenvalue weighted by Crippen LogP contribution is -2.36. The number of imidazole rings is 1. The van der Waals surface area contributed by atoms with Crippen LogP contribution in [0.4, 0.5) is 0 Å². The van der Waals surface area contributed by atoms with Crippen molar-refractivity contribution in [2.45, 2.75) is 31.8 Å². The summed E-state index contributed by atoms with van der Waals surface area (Å²) in [5.41, 5.74) is 0. The second-order valence-electron chi connectivity index (χ2n) is 3.77. The van der Waals surface area contributed by atoms with Crippen LogP contribution in [0.3, 0.4) is 0 Å². The van der Waals surface area contributed by atoms with E-state index in [4.69, 9.17) is 5.11 Å². The summed E-state index contributed by atoms with van der Waals surface area (Å²) in [6, 6.07) is 0. The van der Waals surface area contributed by atoms with Gasteiger partial charge in [0.1, 0.15) is 6.54 Å². The molecule has 1 N–H and O–H groups in total. The Morgan fingerprint density at radius 2 is 2.17 bits per heavy atom. The zero-order valence-electron chi connectivity index (χ0n) is 10.4. The van der Waals surface area contributed by atoms with Crippen LogP contribution in [-0.2, 0) is 21.4 Å². The molecule has 7 nitrogen and oxygen atoms in total. The number of nitrogens with zero attached hydrogens (tertiary/aromatic N) is 3. The molecule has 102 valence electrons. The van der Waals surface area contributed by atoms with E-state index in [1.165, 1.54) is 12.5 Å². The predicted molar refractivity (Wildman–Crippen MR) is 64.6 cm³/mol. The summed E-state index contributed by atoms with van der Waals surface area (Å²) in [5.74, 6) is -1.18. The highest BCUT2D eigenvalue weighted by molar-refractivity contribution is 7.89. The van der Waals surface area contributed by atoms with E-state index >= 15 is 0 Å². The van der Waals surface area contributed by atoms with E-state index in [1.54, 1.807) is 11.5 Å². The molecule has 0 aliphatic rings. The summed E-state index contributed by atoms with van der Waals surface area (Å²) in [4.78, 5) is 14.5. The topological polar surface area (TPSA) is 92.5 Å². The first kappa shape index (κ1) is 14.7. The molecule has 8 heteroatoms. The first-order chi connectivity index (χ1) is 8.41. The number of aliphatic carboxylic acids is 1. The number of carboxylic acid groups (broad SMARTS) is 1. The van der Waals surface area contributed by atoms with Gasteiger partial charge in [0.25, 0.3) is 10.0 Å². The Bertz CT molecular complexity index is 509. The van der Waals surface area contributed by atoms with Crippen molar-refractivity contribution < 1.29 is 18.3 Å². The van der Waals surface area contributed by atoms with Crippen molar-refractivity contribution in [2.75, 3.05) is 13.1 Å². The Morgan fingerprint density at radius 3 is 2.61 bits per heavy atom. The highest BCUT2D eigenvalue weighted by Gasteiger charge is 2.27. The van der Waals surface area contributed by atoms with Crippen molar-refractivity contribution in [2.24, 2.45) is 0 Å². The maximum absolute atomic E-state index is 12.2. The van der Waals surface area contributed by atoms with Gasteiger partial charge in [0, 0.05) is 19.3 Å². The number of rotatable bonds is 7. The maximum Gasteiger partial charge on any atom is 0.318 e. The van der Waals surface area contributed by atoms with Crippen LogP contribution in [0.2, 0.25) is 0 Å². The van der Waals surface area contributed by atoms with E-state index in [-0.39, 0.29) is 11.6 Å². The number of hydrogen-bond acceptors (Lipinski definition) is 4. The molecule has 1 aromatic rings. The Hall–Kier alpha value is -1.41. The van der Waals surface area contributed by atoms with Gasteiger partial charge in [-0.15, -0.1) is 0 Å². The van der Waals surface area contributed by atoms with Gasteiger partial charge in [-0.1, -0.05) is 6.92 Å². The van der Waals surface area contributed by atoms with E-state index in [1.807, 2.05) is 6.92 Å². The molecule has 1 heterocycles. The molecule has 1 aromatic heterocycles. The third kappa shape index (κ3) is 3.30. The Kier molecular flexibility index (Phi) is 4.85. The quantitative estimate of drug-likeness (QED) is 0.777. The molecule has 0 saturated heterocycles. The molecule has 18 heavy (non-hydrogen) atoms. The number of sulfonamides is 1. The van der Waals surface area contributed by atoms with Crippen molar-refractivity contribution >= 4 is 16.0 Å². The predicted octanol–water partition coefficient (Wildman–Crippen LogP) is 0.388. The van der Waals surface area contributed by atoms with Gasteiger partial charge in [-0.2, -0.15) is 4.31 Å². The first-order valence-electron chi connectivity index (χ1n) is 5.65. The van der Waals surface area contributed by atoms with E-state index in [0.29, 0.717) is 13.0 Å². The third-order valence-corrected chi connectivity index (χ3v) is 4.09. The van der Waals surface area contributed by atoms with Gasteiger partial charge >= 0.3 is 5.97 Å². The van der Waals surface area contributed by atoms with Crippen LogP contribution in [0.5, 0.6) is 0 Å². The molecule has 0 fully saturated rings. The maximum atomic E-state index is 12.2. The third-order valence-electron chi connectivity index (χ3n) is 2.36. The van der Waals surface area contributed by atoms with Crippen molar-refractivity contribution in [1.29, 1.82) is 0 Å². The van der Waals surface area contributed by atoms with Crippen molar-refractivity contribution in [3.8, 4) is 0 Å². The lowest BCUT2D eigenvalue weighted by Gasteiger charge is -2.17. The highest BCUT2D eigenvalue weighted by Crippen LogP contribution is 2.13. The molecular formula is C10H17N3O4S. The number of aromatic nitrogens is 2. The fraction of sp³-hybridized carbons (Fsp3) is 0.600. The summed E-state index contributed by atoms with van der Waals surface area (Å²) < 4.78 is 26.9. The second kappa shape index (κ2) is 5.96. The largest absolute Gasteiger partial charge is 0.480 e. The van der Waals surface area contributed by atoms with Crippen LogP contribution in [0.15, 0.2) is 17.6 Å². The van der Waals surface area contributed by atoms with E-state index in [9.17, 15) is 13.2 Å². The van der Waals surface area contributed by atoms with E-state index in [0.717, 1.165) is 4.31 Å². The molecular weight excluding hydrogens is 258 g/mol. The van der Waals surface area contributed by atoms with Gasteiger partial charge in [0.05, 0.1) is 6.33 Å². The fourth-order valence-corrected chi connectivity index (χ4v) is 2.88. The van der Waals surface area contributed by atoms with Crippen molar-refractivity contribution in [3.05, 3.63) is 12.5 Å². The summed E-state index contributed by atoms with van der Waals surface area (Å²) in [7, 11) is -3.83. The molecule has 0 aliphatic carbocycles. The fourth-order valence-electron chi connectivity index (χ4n) is 1.46. The minimum atomic E-state index is -3.83. The summed E-state index contributed by atoms with van der Waals surface area (Å²) in [5, 5.41) is 8.63. The van der Waals surface area contributed by atoms with Gasteiger partial charge in [0.15, 0.2) is 5.03 Å². The van der Waals surface area contributed by atoms with Crippen molar-refractivity contribution in [3.63, 3.8) is 0 Å². The normalized spacial score (nSPS) is 11.9. The number of carbonyl (C=O) groups is 1. The van der Waals surface area contributed by atoms with Crippen LogP contribution >= 0.6 is 0 Å². The summed E-state index contributed by atoms with van der Waals surface area (Å²) in [6.07, 6.45) is 3.36. The molecule has 0 atom stereocenters. The monoisotopic (exact) mass is 275 g/mol. The standard InChI is InChI=1S/C10H17N3O4S/c1-3-5-13(7-10(14)15)18(16,17)9-6-12(4-2)8-11-9/h6,8H,3-5,7H2,1-2H3,(H,14,15). The lowest BCUT2D eigenvalue weighted by atomic mass is 10.5. The molecule has 0 saturated carbocycles. The van der Waals surface area contributed by atoms with Crippen LogP contribution in [-0.4, -0.2) is 46.4 Å². The van der Waals surface area contributed by atoms with Gasteiger partial charge in [-0.3, -0.25) is 4.79 Å². The smallest absolute Gasteiger partial charge is 0.318 e. The zero-order valence-corrected chi connectivity index (χ0v) is 11.2. The molecule has 0 amide bonds. The van der Waals surface area contributed by atoms with Crippen LogP contribution in [0.25, 0.3) is 0 Å². The van der Waals surface area contributed by atoms with Gasteiger partial charge < -0.3 is 9.67 Å². The van der Waals surface area contributed by atoms with Gasteiger partial charge in [-0.25, -0.2) is 13.4 Å². The number of aryl methyl sites for hydroxylation is 1. The average molecular weight is 275 g/mol. The van der Waals surface area contributed by atoms with Gasteiger partial charge in [-0.05, 0) is 13.3 Å². The number of hydrogen-bond donors (Lipinski definition) is 1. The van der Waals surface area contributed by atoms with Crippen LogP contribution in [0, 0.1) is 0 Å². The molecule has 0 bridgehead atoms. The Balaban J connectivity index is 3.03. The lowest BCUT2D eigenvalue weighted by molar-refractivity contribution is -0.137. The zero-order chi connectivity index (χ0) is 13.8. The molecule has 0 radical (unpaired) electrons. The Labute approximate surface area is 106 Å². The first-order valence-corrected chi connectivity index (χ1v) is 7.09. The van der Waals surface area contributed by atoms with Crippen molar-refractivity contribution in [1.82, 2.24) is 13.9 Å². The number of carboxylic acids is 1. The van der Waals surface area contributed by atoms with Gasteiger partial charge in [0.2, 0.25) is 0 Å². The average Bonchev–Trinajstić information content (AvgIpc) is 2.77. The van der Waals surface area contributed by atoms with Crippen LogP contribution < -0.4 is 0 Å². The summed E-state index contributed by atoms with van der Waals surface area (Å²) >= 11 is 0. The molecule has 0 aliphatic heterocycles. The molecule has 0 unspecified atom stereocenters. The molecule has 0 aromatic carbocycles. The Morgan fingerprint density at radius 1 is 1.50 bits per heavy atom. The minimum Gasteiger partial charge on any atom is -0.480 e.